The third kappa shape index (κ3) is 3.96. The first-order valence-corrected chi connectivity index (χ1v) is 9.19. The van der Waals surface area contributed by atoms with Gasteiger partial charge >= 0.3 is 13.1 Å². The topological polar surface area (TPSA) is 54.0 Å². The zero-order valence-electron chi connectivity index (χ0n) is 16.3. The quantitative estimate of drug-likeness (QED) is 0.560. The highest BCUT2D eigenvalue weighted by Crippen LogP contribution is 2.40. The summed E-state index contributed by atoms with van der Waals surface area (Å²) in [6, 6.07) is 2.33. The van der Waals surface area contributed by atoms with Gasteiger partial charge in [-0.25, -0.2) is 8.78 Å². The summed E-state index contributed by atoms with van der Waals surface area (Å²) in [6.45, 7) is 9.58. The average Bonchev–Trinajstić information content (AvgIpc) is 3.28. The lowest BCUT2D eigenvalue weighted by Crippen LogP contribution is -2.41. The van der Waals surface area contributed by atoms with Crippen molar-refractivity contribution in [3.63, 3.8) is 0 Å². The van der Waals surface area contributed by atoms with Crippen LogP contribution < -0.4 is 10.2 Å². The van der Waals surface area contributed by atoms with Crippen LogP contribution in [0.4, 0.5) is 8.78 Å². The zero-order chi connectivity index (χ0) is 20.0. The maximum Gasteiger partial charge on any atom is 0.495 e. The van der Waals surface area contributed by atoms with Crippen LogP contribution in [-0.4, -0.2) is 37.5 Å². The van der Waals surface area contributed by atoms with E-state index in [1.165, 1.54) is 0 Å². The number of carbonyl (C=O) groups is 1. The summed E-state index contributed by atoms with van der Waals surface area (Å²) in [5, 5.41) is 0. The van der Waals surface area contributed by atoms with E-state index >= 15 is 0 Å². The molecule has 8 heteroatoms. The van der Waals surface area contributed by atoms with Gasteiger partial charge in [0.1, 0.15) is 0 Å². The normalized spacial score (nSPS) is 25.4. The van der Waals surface area contributed by atoms with E-state index in [0.717, 1.165) is 12.1 Å². The van der Waals surface area contributed by atoms with Crippen molar-refractivity contribution in [1.29, 1.82) is 0 Å². The number of hydrogen-bond donors (Lipinski definition) is 0. The van der Waals surface area contributed by atoms with Crippen molar-refractivity contribution in [2.45, 2.75) is 52.2 Å². The third-order valence-electron chi connectivity index (χ3n) is 5.50. The molecule has 1 aliphatic carbocycles. The molecule has 0 N–H and O–H groups in total. The highest BCUT2D eigenvalue weighted by Gasteiger charge is 2.52. The standard InChI is InChI=1S/C19H25BF2O5/c1-6-24-17(23)13-7-11(13)10-25-16-14(21)8-12(9-15(16)22)20-26-18(2,3)19(4,5)27-20/h8-9,11,13H,6-7,10H2,1-5H3. The molecular formula is C19H25BF2O5. The predicted molar refractivity (Wildman–Crippen MR) is 95.8 cm³/mol. The molecule has 1 heterocycles. The predicted octanol–water partition coefficient (Wildman–Crippen LogP) is 2.84. The number of hydrogen-bond acceptors (Lipinski definition) is 5. The molecule has 1 aromatic rings. The summed E-state index contributed by atoms with van der Waals surface area (Å²) in [6.07, 6.45) is 0.605. The van der Waals surface area contributed by atoms with E-state index in [0.29, 0.717) is 13.0 Å². The van der Waals surface area contributed by atoms with Gasteiger partial charge in [0.2, 0.25) is 0 Å². The second-order valence-electron chi connectivity index (χ2n) is 8.07. The van der Waals surface area contributed by atoms with Crippen LogP contribution in [0.25, 0.3) is 0 Å². The van der Waals surface area contributed by atoms with Gasteiger partial charge in [0, 0.05) is 5.92 Å². The van der Waals surface area contributed by atoms with Gasteiger partial charge in [0.25, 0.3) is 0 Å². The second kappa shape index (κ2) is 7.06. The molecular weight excluding hydrogens is 357 g/mol. The Morgan fingerprint density at radius 3 is 2.26 bits per heavy atom. The lowest BCUT2D eigenvalue weighted by atomic mass is 9.79. The van der Waals surface area contributed by atoms with Crippen LogP contribution in [0.1, 0.15) is 41.0 Å². The Morgan fingerprint density at radius 2 is 1.74 bits per heavy atom. The lowest BCUT2D eigenvalue weighted by Gasteiger charge is -2.32. The minimum Gasteiger partial charge on any atom is -0.487 e. The lowest BCUT2D eigenvalue weighted by molar-refractivity contribution is -0.145. The summed E-state index contributed by atoms with van der Waals surface area (Å²) in [4.78, 5) is 11.6. The number of halogens is 2. The van der Waals surface area contributed by atoms with Crippen molar-refractivity contribution in [3.05, 3.63) is 23.8 Å². The molecule has 3 rings (SSSR count). The molecule has 27 heavy (non-hydrogen) atoms. The second-order valence-corrected chi connectivity index (χ2v) is 8.07. The smallest absolute Gasteiger partial charge is 0.487 e. The Bertz CT molecular complexity index is 698. The van der Waals surface area contributed by atoms with E-state index in [4.69, 9.17) is 18.8 Å². The van der Waals surface area contributed by atoms with Crippen LogP contribution in [-0.2, 0) is 18.8 Å². The maximum absolute atomic E-state index is 14.4. The Morgan fingerprint density at radius 1 is 1.19 bits per heavy atom. The van der Waals surface area contributed by atoms with Crippen molar-refractivity contribution in [1.82, 2.24) is 0 Å². The molecule has 0 spiro atoms. The molecule has 0 radical (unpaired) electrons. The summed E-state index contributed by atoms with van der Waals surface area (Å²) in [5.41, 5.74) is -0.950. The van der Waals surface area contributed by atoms with Gasteiger partial charge < -0.3 is 18.8 Å². The molecule has 1 aromatic carbocycles. The van der Waals surface area contributed by atoms with Gasteiger partial charge in [-0.2, -0.15) is 0 Å². The van der Waals surface area contributed by atoms with Gasteiger partial charge in [0.05, 0.1) is 30.3 Å². The first-order valence-electron chi connectivity index (χ1n) is 9.19. The van der Waals surface area contributed by atoms with Gasteiger partial charge in [-0.15, -0.1) is 0 Å². The first kappa shape index (κ1) is 20.1. The van der Waals surface area contributed by atoms with Crippen LogP contribution in [0, 0.1) is 23.5 Å². The molecule has 0 bridgehead atoms. The van der Waals surface area contributed by atoms with Crippen molar-refractivity contribution in [3.8, 4) is 5.75 Å². The zero-order valence-corrected chi connectivity index (χ0v) is 16.3. The van der Waals surface area contributed by atoms with Crippen molar-refractivity contribution in [2.75, 3.05) is 13.2 Å². The first-order chi connectivity index (χ1) is 12.6. The molecule has 2 unspecified atom stereocenters. The maximum atomic E-state index is 14.4. The van der Waals surface area contributed by atoms with Gasteiger partial charge in [-0.3, -0.25) is 4.79 Å². The molecule has 5 nitrogen and oxygen atoms in total. The van der Waals surface area contributed by atoms with Crippen LogP contribution in [0.5, 0.6) is 5.75 Å². The molecule has 1 aliphatic heterocycles. The monoisotopic (exact) mass is 382 g/mol. The van der Waals surface area contributed by atoms with Crippen molar-refractivity contribution < 1.29 is 32.4 Å². The molecule has 0 aromatic heterocycles. The number of ether oxygens (including phenoxy) is 2. The minimum atomic E-state index is -0.857. The van der Waals surface area contributed by atoms with Crippen molar-refractivity contribution >= 4 is 18.6 Å². The van der Waals surface area contributed by atoms with Gasteiger partial charge in [-0.1, -0.05) is 0 Å². The summed E-state index contributed by atoms with van der Waals surface area (Å²) in [5.74, 6) is -2.72. The third-order valence-corrected chi connectivity index (χ3v) is 5.50. The van der Waals surface area contributed by atoms with Crippen LogP contribution in [0.2, 0.25) is 0 Å². The fourth-order valence-corrected chi connectivity index (χ4v) is 2.99. The van der Waals surface area contributed by atoms with E-state index in [2.05, 4.69) is 0 Å². The van der Waals surface area contributed by atoms with Crippen LogP contribution in [0.3, 0.4) is 0 Å². The minimum absolute atomic E-state index is 0.0627. The summed E-state index contributed by atoms with van der Waals surface area (Å²) < 4.78 is 50.7. The van der Waals surface area contributed by atoms with E-state index in [9.17, 15) is 13.6 Å². The van der Waals surface area contributed by atoms with Gasteiger partial charge in [-0.05, 0) is 58.6 Å². The van der Waals surface area contributed by atoms with Crippen LogP contribution in [0.15, 0.2) is 12.1 Å². The Labute approximate surface area is 158 Å². The van der Waals surface area contributed by atoms with E-state index in [1.54, 1.807) is 6.92 Å². The molecule has 1 saturated carbocycles. The molecule has 2 atom stereocenters. The number of esters is 1. The largest absolute Gasteiger partial charge is 0.495 e. The van der Waals surface area contributed by atoms with Crippen molar-refractivity contribution in [2.24, 2.45) is 11.8 Å². The SMILES string of the molecule is CCOC(=O)C1CC1COc1c(F)cc(B2OC(C)(C)C(C)(C)O2)cc1F. The highest BCUT2D eigenvalue weighted by atomic mass is 19.1. The molecule has 0 amide bonds. The number of benzene rings is 1. The van der Waals surface area contributed by atoms with Gasteiger partial charge in [0.15, 0.2) is 17.4 Å². The van der Waals surface area contributed by atoms with E-state index < -0.39 is 35.7 Å². The Kier molecular flexibility index (Phi) is 5.25. The fraction of sp³-hybridized carbons (Fsp3) is 0.632. The van der Waals surface area contributed by atoms with E-state index in [1.807, 2.05) is 27.7 Å². The van der Waals surface area contributed by atoms with E-state index in [-0.39, 0.29) is 29.9 Å². The highest BCUT2D eigenvalue weighted by molar-refractivity contribution is 6.62. The molecule has 2 fully saturated rings. The Hall–Kier alpha value is -1.67. The Balaban J connectivity index is 1.65. The number of rotatable bonds is 6. The summed E-state index contributed by atoms with van der Waals surface area (Å²) >= 11 is 0. The summed E-state index contributed by atoms with van der Waals surface area (Å²) in [7, 11) is -0.857. The number of carbonyl (C=O) groups excluding carboxylic acids is 1. The molecule has 148 valence electrons. The average molecular weight is 382 g/mol. The van der Waals surface area contributed by atoms with Crippen LogP contribution >= 0.6 is 0 Å². The fourth-order valence-electron chi connectivity index (χ4n) is 2.99. The molecule has 2 aliphatic rings. The molecule has 1 saturated heterocycles.